The number of nitrogens with zero attached hydrogens (tertiary/aromatic N) is 2. The van der Waals surface area contributed by atoms with Crippen molar-refractivity contribution in [3.8, 4) is 0 Å². The summed E-state index contributed by atoms with van der Waals surface area (Å²) < 4.78 is 28.3. The van der Waals surface area contributed by atoms with Gasteiger partial charge in [-0.05, 0) is 58.7 Å². The lowest BCUT2D eigenvalue weighted by Crippen LogP contribution is -2.32. The van der Waals surface area contributed by atoms with E-state index in [1.807, 2.05) is 6.92 Å². The van der Waals surface area contributed by atoms with Gasteiger partial charge < -0.3 is 5.32 Å². The molecule has 2 atom stereocenters. The van der Waals surface area contributed by atoms with Crippen LogP contribution in [0.25, 0.3) is 0 Å². The average molecular weight is 468 g/mol. The maximum atomic E-state index is 13.2. The number of hydrogen-bond acceptors (Lipinski definition) is 2. The first-order valence-corrected chi connectivity index (χ1v) is 11.1. The molecule has 4 nitrogen and oxygen atoms in total. The van der Waals surface area contributed by atoms with E-state index >= 15 is 0 Å². The highest BCUT2D eigenvalue weighted by Crippen LogP contribution is 2.45. The molecule has 1 aliphatic rings. The highest BCUT2D eigenvalue weighted by atomic mass is 79.9. The summed E-state index contributed by atoms with van der Waals surface area (Å²) in [5, 5.41) is 7.05. The second-order valence-electron chi connectivity index (χ2n) is 7.82. The van der Waals surface area contributed by atoms with Gasteiger partial charge >= 0.3 is 0 Å². The summed E-state index contributed by atoms with van der Waals surface area (Å²) in [5.41, 5.74) is 2.76. The van der Waals surface area contributed by atoms with Crippen LogP contribution in [0.3, 0.4) is 0 Å². The first kappa shape index (κ1) is 21.9. The Balaban J connectivity index is 1.72. The second-order valence-corrected chi connectivity index (χ2v) is 8.61. The number of hydrogen-bond donors (Lipinski definition) is 1. The fourth-order valence-electron chi connectivity index (χ4n) is 3.57. The third-order valence-electron chi connectivity index (χ3n) is 5.68. The number of carbonyl (C=O) groups excluding carboxylic acids is 1. The lowest BCUT2D eigenvalue weighted by Gasteiger charge is -2.19. The molecule has 158 valence electrons. The van der Waals surface area contributed by atoms with Gasteiger partial charge in [0.25, 0.3) is 6.43 Å². The van der Waals surface area contributed by atoms with E-state index in [2.05, 4.69) is 64.5 Å². The van der Waals surface area contributed by atoms with E-state index < -0.39 is 6.43 Å². The molecule has 2 aromatic rings. The number of halogens is 3. The lowest BCUT2D eigenvalue weighted by molar-refractivity contribution is -0.122. The van der Waals surface area contributed by atoms with Crippen molar-refractivity contribution >= 4 is 21.8 Å². The zero-order chi connectivity index (χ0) is 21.1. The Morgan fingerprint density at radius 3 is 2.34 bits per heavy atom. The monoisotopic (exact) mass is 467 g/mol. The smallest absolute Gasteiger partial charge is 0.283 e. The molecule has 1 aromatic heterocycles. The highest BCUT2D eigenvalue weighted by Gasteiger charge is 2.34. The third kappa shape index (κ3) is 5.05. The van der Waals surface area contributed by atoms with E-state index in [4.69, 9.17) is 0 Å². The molecule has 1 heterocycles. The van der Waals surface area contributed by atoms with E-state index in [-0.39, 0.29) is 30.1 Å². The summed E-state index contributed by atoms with van der Waals surface area (Å²) in [5.74, 6) is 0.481. The van der Waals surface area contributed by atoms with Crippen LogP contribution in [0.15, 0.2) is 28.7 Å². The van der Waals surface area contributed by atoms with Crippen molar-refractivity contribution in [2.45, 2.75) is 77.3 Å². The molecule has 3 rings (SSSR count). The van der Waals surface area contributed by atoms with Crippen molar-refractivity contribution in [3.63, 3.8) is 0 Å². The van der Waals surface area contributed by atoms with Crippen LogP contribution in [0.1, 0.15) is 93.3 Å². The summed E-state index contributed by atoms with van der Waals surface area (Å²) in [4.78, 5) is 12.7. The van der Waals surface area contributed by atoms with Gasteiger partial charge in [0.05, 0.1) is 16.2 Å². The summed E-state index contributed by atoms with van der Waals surface area (Å²) in [6, 6.07) is 8.23. The minimum absolute atomic E-state index is 0.0569. The van der Waals surface area contributed by atoms with Gasteiger partial charge in [-0.3, -0.25) is 9.48 Å². The number of benzene rings is 1. The zero-order valence-electron chi connectivity index (χ0n) is 17.1. The second kappa shape index (κ2) is 9.37. The van der Waals surface area contributed by atoms with Gasteiger partial charge in [0.15, 0.2) is 0 Å². The Bertz CT molecular complexity index is 846. The predicted octanol–water partition coefficient (Wildman–Crippen LogP) is 6.24. The maximum absolute atomic E-state index is 13.2. The summed E-state index contributed by atoms with van der Waals surface area (Å²) in [7, 11) is 0. The van der Waals surface area contributed by atoms with E-state index in [9.17, 15) is 13.6 Å². The quantitative estimate of drug-likeness (QED) is 0.474. The fraction of sp³-hybridized carbons (Fsp3) is 0.545. The first-order chi connectivity index (χ1) is 13.8. The molecule has 0 spiro atoms. The van der Waals surface area contributed by atoms with Crippen molar-refractivity contribution in [1.29, 1.82) is 0 Å². The van der Waals surface area contributed by atoms with Crippen LogP contribution in [0, 0.1) is 0 Å². The summed E-state index contributed by atoms with van der Waals surface area (Å²) >= 11 is 3.26. The van der Waals surface area contributed by atoms with Crippen LogP contribution in [-0.4, -0.2) is 15.7 Å². The topological polar surface area (TPSA) is 46.9 Å². The van der Waals surface area contributed by atoms with Gasteiger partial charge in [0.2, 0.25) is 5.91 Å². The van der Waals surface area contributed by atoms with Crippen LogP contribution >= 0.6 is 15.9 Å². The number of amides is 1. The molecule has 1 N–H and O–H groups in total. The standard InChI is InChI=1S/C22H28BrF2N3O/c1-4-13(3)14-6-8-15(9-7-14)17(5-2)26-18(29)12-28-21(16-10-11-16)19(23)20(27-28)22(24)25/h6-9,13,16-17,22H,4-5,10-12H2,1-3H3,(H,26,29). The molecule has 1 saturated carbocycles. The van der Waals surface area contributed by atoms with Gasteiger partial charge in [-0.2, -0.15) is 5.10 Å². The Morgan fingerprint density at radius 2 is 1.83 bits per heavy atom. The number of alkyl halides is 2. The Morgan fingerprint density at radius 1 is 1.21 bits per heavy atom. The average Bonchev–Trinajstić information content (AvgIpc) is 3.49. The van der Waals surface area contributed by atoms with Crippen molar-refractivity contribution < 1.29 is 13.6 Å². The molecule has 0 bridgehead atoms. The number of nitrogens with one attached hydrogen (secondary N) is 1. The van der Waals surface area contributed by atoms with Crippen LogP contribution in [-0.2, 0) is 11.3 Å². The highest BCUT2D eigenvalue weighted by molar-refractivity contribution is 9.10. The Labute approximate surface area is 179 Å². The molecule has 2 unspecified atom stereocenters. The molecule has 1 fully saturated rings. The minimum Gasteiger partial charge on any atom is -0.348 e. The number of carbonyl (C=O) groups is 1. The van der Waals surface area contributed by atoms with Crippen LogP contribution < -0.4 is 5.32 Å². The lowest BCUT2D eigenvalue weighted by atomic mass is 9.95. The van der Waals surface area contributed by atoms with Gasteiger partial charge in [-0.15, -0.1) is 0 Å². The first-order valence-electron chi connectivity index (χ1n) is 10.3. The molecule has 1 aromatic carbocycles. The van der Waals surface area contributed by atoms with Crippen molar-refractivity contribution in [2.24, 2.45) is 0 Å². The summed E-state index contributed by atoms with van der Waals surface area (Å²) in [6.07, 6.45) is 1.04. The number of rotatable bonds is 9. The van der Waals surface area contributed by atoms with Crippen LogP contribution in [0.2, 0.25) is 0 Å². The molecule has 7 heteroatoms. The molecule has 29 heavy (non-hydrogen) atoms. The Hall–Kier alpha value is -1.76. The zero-order valence-corrected chi connectivity index (χ0v) is 18.7. The molecule has 0 saturated heterocycles. The normalized spacial score (nSPS) is 16.1. The van der Waals surface area contributed by atoms with Gasteiger partial charge in [0, 0.05) is 5.92 Å². The van der Waals surface area contributed by atoms with Crippen LogP contribution in [0.5, 0.6) is 0 Å². The van der Waals surface area contributed by atoms with Gasteiger partial charge in [0.1, 0.15) is 12.2 Å². The van der Waals surface area contributed by atoms with Crippen molar-refractivity contribution in [3.05, 3.63) is 51.3 Å². The third-order valence-corrected chi connectivity index (χ3v) is 6.50. The molecule has 0 aliphatic heterocycles. The molecule has 1 aliphatic carbocycles. The van der Waals surface area contributed by atoms with Gasteiger partial charge in [-0.1, -0.05) is 45.0 Å². The molecular weight excluding hydrogens is 440 g/mol. The van der Waals surface area contributed by atoms with Crippen molar-refractivity contribution in [1.82, 2.24) is 15.1 Å². The minimum atomic E-state index is -2.67. The largest absolute Gasteiger partial charge is 0.348 e. The molecule has 1 amide bonds. The molecular formula is C22H28BrF2N3O. The predicted molar refractivity (Wildman–Crippen MR) is 113 cm³/mol. The van der Waals surface area contributed by atoms with Crippen LogP contribution in [0.4, 0.5) is 8.78 Å². The van der Waals surface area contributed by atoms with E-state index in [1.165, 1.54) is 10.2 Å². The van der Waals surface area contributed by atoms with E-state index in [0.717, 1.165) is 31.2 Å². The summed E-state index contributed by atoms with van der Waals surface area (Å²) in [6.45, 7) is 6.32. The maximum Gasteiger partial charge on any atom is 0.283 e. The Kier molecular flexibility index (Phi) is 7.09. The van der Waals surface area contributed by atoms with E-state index in [0.29, 0.717) is 16.1 Å². The van der Waals surface area contributed by atoms with E-state index in [1.54, 1.807) is 0 Å². The van der Waals surface area contributed by atoms with Gasteiger partial charge in [-0.25, -0.2) is 8.78 Å². The molecule has 0 radical (unpaired) electrons. The number of aromatic nitrogens is 2. The SMILES string of the molecule is CCC(C)c1ccc(C(CC)NC(=O)Cn2nc(C(F)F)c(Br)c2C2CC2)cc1. The fourth-order valence-corrected chi connectivity index (χ4v) is 4.35. The van der Waals surface area contributed by atoms with Crippen molar-refractivity contribution in [2.75, 3.05) is 0 Å².